The number of carbonyl (C=O) groups is 2. The summed E-state index contributed by atoms with van der Waals surface area (Å²) >= 11 is 6.14. The van der Waals surface area contributed by atoms with Gasteiger partial charge < -0.3 is 9.80 Å². The summed E-state index contributed by atoms with van der Waals surface area (Å²) in [4.78, 5) is 27.5. The van der Waals surface area contributed by atoms with Crippen LogP contribution in [0.5, 0.6) is 0 Å². The summed E-state index contributed by atoms with van der Waals surface area (Å²) in [6, 6.07) is 12.1. The number of hydrogen-bond acceptors (Lipinski definition) is 3. The maximum atomic E-state index is 14.3. The lowest BCUT2D eigenvalue weighted by Crippen LogP contribution is -2.49. The van der Waals surface area contributed by atoms with Crippen LogP contribution in [0.3, 0.4) is 0 Å². The maximum Gasteiger partial charge on any atom is 0.223 e. The highest BCUT2D eigenvalue weighted by Gasteiger charge is 2.23. The Labute approximate surface area is 163 Å². The van der Waals surface area contributed by atoms with Crippen LogP contribution in [0.4, 0.5) is 10.1 Å². The van der Waals surface area contributed by atoms with E-state index in [-0.39, 0.29) is 11.7 Å². The molecule has 0 spiro atoms. The molecule has 0 aromatic heterocycles. The van der Waals surface area contributed by atoms with E-state index in [0.717, 1.165) is 5.56 Å². The molecule has 2 aromatic carbocycles. The Morgan fingerprint density at radius 1 is 1.07 bits per heavy atom. The van der Waals surface area contributed by atoms with Crippen LogP contribution in [-0.2, 0) is 11.2 Å². The molecule has 1 aliphatic heterocycles. The molecule has 142 valence electrons. The van der Waals surface area contributed by atoms with E-state index in [1.165, 1.54) is 13.0 Å². The molecule has 0 radical (unpaired) electrons. The molecular formula is C21H22ClFN2O2. The molecule has 27 heavy (non-hydrogen) atoms. The van der Waals surface area contributed by atoms with Crippen LogP contribution in [0.25, 0.3) is 0 Å². The smallest absolute Gasteiger partial charge is 0.223 e. The molecule has 1 fully saturated rings. The largest absolute Gasteiger partial charge is 0.366 e. The second kappa shape index (κ2) is 8.53. The number of nitrogens with zero attached hydrogens (tertiary/aromatic N) is 2. The molecule has 1 amide bonds. The number of Topliss-reactive ketones (excluding diaryl/α,β-unsaturated/α-hetero) is 1. The predicted molar refractivity (Wildman–Crippen MR) is 105 cm³/mol. The van der Waals surface area contributed by atoms with E-state index in [1.54, 1.807) is 12.1 Å². The summed E-state index contributed by atoms with van der Waals surface area (Å²) in [6.07, 6.45) is 1.02. The molecule has 0 saturated carbocycles. The first-order chi connectivity index (χ1) is 13.0. The Bertz CT molecular complexity index is 848. The molecule has 0 aliphatic carbocycles. The van der Waals surface area contributed by atoms with Crippen molar-refractivity contribution in [2.75, 3.05) is 31.1 Å². The van der Waals surface area contributed by atoms with Crippen molar-refractivity contribution in [3.8, 4) is 0 Å². The monoisotopic (exact) mass is 388 g/mol. The van der Waals surface area contributed by atoms with Crippen molar-refractivity contribution in [3.63, 3.8) is 0 Å². The van der Waals surface area contributed by atoms with Crippen molar-refractivity contribution in [2.24, 2.45) is 0 Å². The van der Waals surface area contributed by atoms with E-state index in [9.17, 15) is 14.0 Å². The van der Waals surface area contributed by atoms with Crippen molar-refractivity contribution in [2.45, 2.75) is 19.8 Å². The van der Waals surface area contributed by atoms with E-state index >= 15 is 0 Å². The topological polar surface area (TPSA) is 40.6 Å². The van der Waals surface area contributed by atoms with Gasteiger partial charge >= 0.3 is 0 Å². The van der Waals surface area contributed by atoms with Crippen molar-refractivity contribution in [1.82, 2.24) is 4.90 Å². The van der Waals surface area contributed by atoms with E-state index < -0.39 is 5.82 Å². The molecule has 4 nitrogen and oxygen atoms in total. The fraction of sp³-hybridized carbons (Fsp3) is 0.333. The number of hydrogen-bond donors (Lipinski definition) is 0. The molecule has 6 heteroatoms. The normalized spacial score (nSPS) is 14.3. The van der Waals surface area contributed by atoms with Crippen LogP contribution in [0.2, 0.25) is 5.02 Å². The number of carbonyl (C=O) groups excluding carboxylic acids is 2. The van der Waals surface area contributed by atoms with Crippen molar-refractivity contribution >= 4 is 29.0 Å². The minimum atomic E-state index is -0.402. The summed E-state index contributed by atoms with van der Waals surface area (Å²) in [5, 5.41) is 0.680. The Hall–Kier alpha value is -2.40. The summed E-state index contributed by atoms with van der Waals surface area (Å²) in [5.41, 5.74) is 1.81. The van der Waals surface area contributed by atoms with Crippen molar-refractivity contribution in [3.05, 3.63) is 64.4 Å². The van der Waals surface area contributed by atoms with Crippen LogP contribution in [0.15, 0.2) is 42.5 Å². The second-order valence-corrected chi connectivity index (χ2v) is 7.09. The Balaban J connectivity index is 1.55. The van der Waals surface area contributed by atoms with Gasteiger partial charge in [-0.1, -0.05) is 29.8 Å². The van der Waals surface area contributed by atoms with E-state index in [1.807, 2.05) is 34.1 Å². The summed E-state index contributed by atoms with van der Waals surface area (Å²) in [5.74, 6) is -0.474. The predicted octanol–water partition coefficient (Wildman–Crippen LogP) is 3.96. The fourth-order valence-corrected chi connectivity index (χ4v) is 3.51. The molecule has 0 N–H and O–H groups in total. The molecule has 1 aliphatic rings. The van der Waals surface area contributed by atoms with Gasteiger partial charge in [-0.25, -0.2) is 4.39 Å². The third-order valence-electron chi connectivity index (χ3n) is 4.89. The highest BCUT2D eigenvalue weighted by molar-refractivity contribution is 6.31. The molecule has 0 unspecified atom stereocenters. The first-order valence-electron chi connectivity index (χ1n) is 9.02. The average molecular weight is 389 g/mol. The van der Waals surface area contributed by atoms with Gasteiger partial charge in [0.15, 0.2) is 5.78 Å². The number of amides is 1. The van der Waals surface area contributed by atoms with Crippen LogP contribution >= 0.6 is 11.6 Å². The summed E-state index contributed by atoms with van der Waals surface area (Å²) in [7, 11) is 0. The highest BCUT2D eigenvalue weighted by atomic mass is 35.5. The summed E-state index contributed by atoms with van der Waals surface area (Å²) in [6.45, 7) is 3.65. The SMILES string of the molecule is CC(=O)c1ccc(N2CCN(C(=O)CCc3ccccc3Cl)CC2)c(F)c1. The van der Waals surface area contributed by atoms with Crippen LogP contribution < -0.4 is 4.90 Å². The zero-order valence-electron chi connectivity index (χ0n) is 15.3. The number of aryl methyl sites for hydroxylation is 1. The van der Waals surface area contributed by atoms with Gasteiger partial charge in [-0.2, -0.15) is 0 Å². The number of ketones is 1. The zero-order chi connectivity index (χ0) is 19.4. The van der Waals surface area contributed by atoms with Crippen molar-refractivity contribution < 1.29 is 14.0 Å². The van der Waals surface area contributed by atoms with E-state index in [4.69, 9.17) is 11.6 Å². The van der Waals surface area contributed by atoms with Gasteiger partial charge in [0.05, 0.1) is 5.69 Å². The number of rotatable bonds is 5. The van der Waals surface area contributed by atoms with Gasteiger partial charge in [0.25, 0.3) is 0 Å². The van der Waals surface area contributed by atoms with Crippen LogP contribution in [-0.4, -0.2) is 42.8 Å². The number of halogens is 2. The standard InChI is InChI=1S/C21H22ClFN2O2/c1-15(26)17-6-8-20(19(23)14-17)24-10-12-25(13-11-24)21(27)9-7-16-4-2-3-5-18(16)22/h2-6,8,14H,7,9-13H2,1H3. The van der Waals surface area contributed by atoms with Crippen LogP contribution in [0, 0.1) is 5.82 Å². The molecular weight excluding hydrogens is 367 g/mol. The Morgan fingerprint density at radius 2 is 1.78 bits per heavy atom. The highest BCUT2D eigenvalue weighted by Crippen LogP contribution is 2.23. The lowest BCUT2D eigenvalue weighted by molar-refractivity contribution is -0.131. The maximum absolute atomic E-state index is 14.3. The molecule has 1 heterocycles. The number of anilines is 1. The van der Waals surface area contributed by atoms with Gasteiger partial charge in [0.2, 0.25) is 5.91 Å². The average Bonchev–Trinajstić information content (AvgIpc) is 2.67. The van der Waals surface area contributed by atoms with Crippen molar-refractivity contribution in [1.29, 1.82) is 0 Å². The number of piperazine rings is 1. The lowest BCUT2D eigenvalue weighted by Gasteiger charge is -2.36. The third-order valence-corrected chi connectivity index (χ3v) is 5.26. The molecule has 0 atom stereocenters. The van der Waals surface area contributed by atoms with Gasteiger partial charge in [-0.3, -0.25) is 9.59 Å². The Kier molecular flexibility index (Phi) is 6.11. The van der Waals surface area contributed by atoms with Gasteiger partial charge in [0.1, 0.15) is 5.82 Å². The minimum absolute atomic E-state index is 0.0852. The summed E-state index contributed by atoms with van der Waals surface area (Å²) < 4.78 is 14.3. The minimum Gasteiger partial charge on any atom is -0.366 e. The first kappa shape index (κ1) is 19.4. The van der Waals surface area contributed by atoms with Gasteiger partial charge in [-0.15, -0.1) is 0 Å². The number of benzene rings is 2. The molecule has 0 bridgehead atoms. The molecule has 2 aromatic rings. The van der Waals surface area contributed by atoms with E-state index in [0.29, 0.717) is 55.3 Å². The Morgan fingerprint density at radius 3 is 2.41 bits per heavy atom. The van der Waals surface area contributed by atoms with Gasteiger partial charge in [-0.05, 0) is 43.2 Å². The van der Waals surface area contributed by atoms with Crippen LogP contribution in [0.1, 0.15) is 29.3 Å². The first-order valence-corrected chi connectivity index (χ1v) is 9.40. The quantitative estimate of drug-likeness (QED) is 0.728. The van der Waals surface area contributed by atoms with E-state index in [2.05, 4.69) is 0 Å². The van der Waals surface area contributed by atoms with Gasteiger partial charge in [0, 0.05) is 43.2 Å². The molecule has 3 rings (SSSR count). The molecule has 1 saturated heterocycles. The zero-order valence-corrected chi connectivity index (χ0v) is 16.0. The lowest BCUT2D eigenvalue weighted by atomic mass is 10.1. The second-order valence-electron chi connectivity index (χ2n) is 6.68. The third kappa shape index (κ3) is 4.66. The fourth-order valence-electron chi connectivity index (χ4n) is 3.28.